The third kappa shape index (κ3) is 3.80. The zero-order valence-electron chi connectivity index (χ0n) is 9.24. The molecule has 4 heteroatoms. The van der Waals surface area contributed by atoms with E-state index in [0.29, 0.717) is 6.54 Å². The molecule has 1 aliphatic heterocycles. The van der Waals surface area contributed by atoms with Crippen LogP contribution in [-0.4, -0.2) is 43.0 Å². The van der Waals surface area contributed by atoms with Crippen LogP contribution in [0.2, 0.25) is 0 Å². The molecule has 1 heterocycles. The minimum atomic E-state index is 0.163. The summed E-state index contributed by atoms with van der Waals surface area (Å²) < 4.78 is 0. The van der Waals surface area contributed by atoms with Gasteiger partial charge in [-0.2, -0.15) is 0 Å². The monoisotopic (exact) mass is 211 g/mol. The quantitative estimate of drug-likeness (QED) is 0.684. The number of hydrogen-bond acceptors (Lipinski definition) is 3. The van der Waals surface area contributed by atoms with E-state index in [0.717, 1.165) is 38.4 Å². The summed E-state index contributed by atoms with van der Waals surface area (Å²) in [5, 5.41) is 2.99. The third-order valence-electron chi connectivity index (χ3n) is 3.19. The number of piperidine rings is 1. The summed E-state index contributed by atoms with van der Waals surface area (Å²) in [6.07, 6.45) is 4.79. The first kappa shape index (κ1) is 10.9. The van der Waals surface area contributed by atoms with Crippen LogP contribution in [0.5, 0.6) is 0 Å². The molecule has 86 valence electrons. The van der Waals surface area contributed by atoms with Crippen molar-refractivity contribution >= 4 is 5.91 Å². The second-order valence-corrected chi connectivity index (χ2v) is 4.88. The molecule has 3 N–H and O–H groups in total. The molecule has 1 aliphatic carbocycles. The fourth-order valence-corrected chi connectivity index (χ4v) is 2.07. The van der Waals surface area contributed by atoms with Gasteiger partial charge in [0.1, 0.15) is 0 Å². The molecule has 2 fully saturated rings. The van der Waals surface area contributed by atoms with Gasteiger partial charge in [-0.05, 0) is 38.1 Å². The molecule has 0 aromatic rings. The number of nitrogens with zero attached hydrogens (tertiary/aromatic N) is 1. The highest BCUT2D eigenvalue weighted by molar-refractivity contribution is 5.78. The Hall–Kier alpha value is -0.610. The highest BCUT2D eigenvalue weighted by Crippen LogP contribution is 2.27. The average molecular weight is 211 g/mol. The van der Waals surface area contributed by atoms with Crippen molar-refractivity contribution in [3.05, 3.63) is 0 Å². The molecule has 15 heavy (non-hydrogen) atoms. The van der Waals surface area contributed by atoms with Gasteiger partial charge >= 0.3 is 0 Å². The summed E-state index contributed by atoms with van der Waals surface area (Å²) in [5.74, 6) is 0.925. The molecule has 2 aliphatic rings. The zero-order valence-corrected chi connectivity index (χ0v) is 9.24. The van der Waals surface area contributed by atoms with Gasteiger partial charge in [0.2, 0.25) is 5.91 Å². The number of nitrogens with two attached hydrogens (primary N) is 1. The maximum atomic E-state index is 11.6. The molecular formula is C11H21N3O. The van der Waals surface area contributed by atoms with E-state index < -0.39 is 0 Å². The standard InChI is InChI=1S/C11H21N3O/c12-10-2-1-5-14(7-10)8-11(15)13-6-9-3-4-9/h9-10H,1-8,12H2,(H,13,15)/t10-/m1/s1. The fourth-order valence-electron chi connectivity index (χ4n) is 2.07. The van der Waals surface area contributed by atoms with Crippen molar-refractivity contribution in [3.8, 4) is 0 Å². The van der Waals surface area contributed by atoms with Crippen LogP contribution in [0.25, 0.3) is 0 Å². The molecule has 0 radical (unpaired) electrons. The average Bonchev–Trinajstić information content (AvgIpc) is 2.98. The molecule has 1 saturated heterocycles. The second-order valence-electron chi connectivity index (χ2n) is 4.88. The summed E-state index contributed by atoms with van der Waals surface area (Å²) in [6, 6.07) is 0.259. The van der Waals surface area contributed by atoms with E-state index in [2.05, 4.69) is 10.2 Å². The lowest BCUT2D eigenvalue weighted by atomic mass is 10.1. The maximum Gasteiger partial charge on any atom is 0.234 e. The van der Waals surface area contributed by atoms with Crippen molar-refractivity contribution < 1.29 is 4.79 Å². The Labute approximate surface area is 91.2 Å². The van der Waals surface area contributed by atoms with Crippen LogP contribution in [0, 0.1) is 5.92 Å². The summed E-state index contributed by atoms with van der Waals surface area (Å²) in [7, 11) is 0. The predicted molar refractivity (Wildman–Crippen MR) is 59.4 cm³/mol. The van der Waals surface area contributed by atoms with Gasteiger partial charge in [-0.1, -0.05) is 0 Å². The number of nitrogens with one attached hydrogen (secondary N) is 1. The molecule has 0 spiro atoms. The smallest absolute Gasteiger partial charge is 0.234 e. The molecule has 0 unspecified atom stereocenters. The molecule has 1 amide bonds. The van der Waals surface area contributed by atoms with Crippen molar-refractivity contribution in [2.45, 2.75) is 31.7 Å². The van der Waals surface area contributed by atoms with Crippen LogP contribution in [0.4, 0.5) is 0 Å². The second kappa shape index (κ2) is 4.94. The summed E-state index contributed by atoms with van der Waals surface area (Å²) in [4.78, 5) is 13.7. The third-order valence-corrected chi connectivity index (χ3v) is 3.19. The van der Waals surface area contributed by atoms with Gasteiger partial charge in [0.15, 0.2) is 0 Å². The summed E-state index contributed by atoms with van der Waals surface area (Å²) in [5.41, 5.74) is 5.86. The van der Waals surface area contributed by atoms with Crippen LogP contribution >= 0.6 is 0 Å². The first-order chi connectivity index (χ1) is 7.24. The first-order valence-electron chi connectivity index (χ1n) is 5.98. The summed E-state index contributed by atoms with van der Waals surface area (Å²) in [6.45, 7) is 3.29. The van der Waals surface area contributed by atoms with E-state index in [-0.39, 0.29) is 11.9 Å². The Morgan fingerprint density at radius 1 is 1.40 bits per heavy atom. The van der Waals surface area contributed by atoms with E-state index in [1.807, 2.05) is 0 Å². The molecule has 2 rings (SSSR count). The van der Waals surface area contributed by atoms with Crippen LogP contribution in [0.3, 0.4) is 0 Å². The lowest BCUT2D eigenvalue weighted by molar-refractivity contribution is -0.122. The SMILES string of the molecule is N[C@@H]1CCCN(CC(=O)NCC2CC2)C1. The number of carbonyl (C=O) groups is 1. The van der Waals surface area contributed by atoms with Gasteiger partial charge in [0, 0.05) is 19.1 Å². The lowest BCUT2D eigenvalue weighted by Crippen LogP contribution is -2.47. The molecular weight excluding hydrogens is 190 g/mol. The van der Waals surface area contributed by atoms with Crippen LogP contribution in [-0.2, 0) is 4.79 Å². The van der Waals surface area contributed by atoms with Crippen LogP contribution in [0.1, 0.15) is 25.7 Å². The van der Waals surface area contributed by atoms with Gasteiger partial charge < -0.3 is 11.1 Å². The number of carbonyl (C=O) groups excluding carboxylic acids is 1. The Morgan fingerprint density at radius 3 is 2.87 bits per heavy atom. The first-order valence-corrected chi connectivity index (χ1v) is 5.98. The van der Waals surface area contributed by atoms with Gasteiger partial charge in [-0.25, -0.2) is 0 Å². The molecule has 0 aromatic carbocycles. The largest absolute Gasteiger partial charge is 0.355 e. The van der Waals surface area contributed by atoms with E-state index in [1.165, 1.54) is 12.8 Å². The van der Waals surface area contributed by atoms with Crippen LogP contribution < -0.4 is 11.1 Å². The lowest BCUT2D eigenvalue weighted by Gasteiger charge is -2.29. The highest BCUT2D eigenvalue weighted by Gasteiger charge is 2.23. The van der Waals surface area contributed by atoms with Crippen LogP contribution in [0.15, 0.2) is 0 Å². The van der Waals surface area contributed by atoms with E-state index in [1.54, 1.807) is 0 Å². The van der Waals surface area contributed by atoms with Crippen molar-refractivity contribution in [2.24, 2.45) is 11.7 Å². The normalized spacial score (nSPS) is 27.7. The minimum Gasteiger partial charge on any atom is -0.355 e. The molecule has 1 saturated carbocycles. The van der Waals surface area contributed by atoms with Crippen molar-refractivity contribution in [2.75, 3.05) is 26.2 Å². The van der Waals surface area contributed by atoms with E-state index >= 15 is 0 Å². The predicted octanol–water partition coefficient (Wildman–Crippen LogP) is -0.0643. The van der Waals surface area contributed by atoms with Crippen molar-refractivity contribution in [1.29, 1.82) is 0 Å². The zero-order chi connectivity index (χ0) is 10.7. The summed E-state index contributed by atoms with van der Waals surface area (Å²) >= 11 is 0. The van der Waals surface area contributed by atoms with Crippen molar-refractivity contribution in [1.82, 2.24) is 10.2 Å². The fraction of sp³-hybridized carbons (Fsp3) is 0.909. The van der Waals surface area contributed by atoms with Gasteiger partial charge in [-0.3, -0.25) is 9.69 Å². The highest BCUT2D eigenvalue weighted by atomic mass is 16.2. The molecule has 1 atom stereocenters. The number of amides is 1. The number of hydrogen-bond donors (Lipinski definition) is 2. The Balaban J connectivity index is 1.63. The van der Waals surface area contributed by atoms with Gasteiger partial charge in [0.25, 0.3) is 0 Å². The number of rotatable bonds is 4. The molecule has 0 aromatic heterocycles. The molecule has 0 bridgehead atoms. The van der Waals surface area contributed by atoms with Gasteiger partial charge in [-0.15, -0.1) is 0 Å². The minimum absolute atomic E-state index is 0.163. The van der Waals surface area contributed by atoms with E-state index in [4.69, 9.17) is 5.73 Å². The van der Waals surface area contributed by atoms with E-state index in [9.17, 15) is 4.79 Å². The Morgan fingerprint density at radius 2 is 2.20 bits per heavy atom. The van der Waals surface area contributed by atoms with Crippen molar-refractivity contribution in [3.63, 3.8) is 0 Å². The molecule has 4 nitrogen and oxygen atoms in total. The number of likely N-dealkylation sites (tertiary alicyclic amines) is 1. The maximum absolute atomic E-state index is 11.6. The van der Waals surface area contributed by atoms with Gasteiger partial charge in [0.05, 0.1) is 6.54 Å². The topological polar surface area (TPSA) is 58.4 Å². The Bertz CT molecular complexity index is 228. The Kier molecular flexibility index (Phi) is 3.59.